The van der Waals surface area contributed by atoms with E-state index in [0.29, 0.717) is 31.6 Å². The molecular weight excluding hydrogens is 378 g/mol. The van der Waals surface area contributed by atoms with Crippen molar-refractivity contribution in [1.82, 2.24) is 15.1 Å². The van der Waals surface area contributed by atoms with E-state index >= 15 is 0 Å². The first-order valence-corrected chi connectivity index (χ1v) is 12.4. The van der Waals surface area contributed by atoms with Crippen LogP contribution in [0.4, 0.5) is 0 Å². The number of amides is 2. The van der Waals surface area contributed by atoms with Gasteiger partial charge in [0.25, 0.3) is 0 Å². The first-order valence-electron chi connectivity index (χ1n) is 12.4. The Morgan fingerprint density at radius 1 is 0.933 bits per heavy atom. The smallest absolute Gasteiger partial charge is 0.239 e. The highest BCUT2D eigenvalue weighted by Gasteiger charge is 2.59. The van der Waals surface area contributed by atoms with Gasteiger partial charge in [0.05, 0.1) is 25.1 Å². The van der Waals surface area contributed by atoms with Crippen LogP contribution < -0.4 is 5.32 Å². The van der Waals surface area contributed by atoms with E-state index < -0.39 is 0 Å². The number of likely N-dealkylation sites (N-methyl/N-ethyl adjacent to an activating group) is 1. The van der Waals surface area contributed by atoms with Gasteiger partial charge >= 0.3 is 0 Å². The molecule has 0 aromatic rings. The van der Waals surface area contributed by atoms with E-state index in [0.717, 1.165) is 56.4 Å². The predicted molar refractivity (Wildman–Crippen MR) is 113 cm³/mol. The second kappa shape index (κ2) is 6.93. The fourth-order valence-corrected chi connectivity index (χ4v) is 8.33. The Hall–Kier alpha value is -1.14. The van der Waals surface area contributed by atoms with Crippen LogP contribution in [-0.4, -0.2) is 72.6 Å². The van der Waals surface area contributed by atoms with E-state index in [2.05, 4.69) is 15.1 Å². The maximum Gasteiger partial charge on any atom is 0.239 e. The molecule has 2 amide bonds. The average Bonchev–Trinajstić information content (AvgIpc) is 3.17. The standard InChI is InChI=1S/C24H37N3O3/c1-26-13-24(30-12-20(26)21(28)25-19-4-2-3-5-19)14-27(15-24)22(29)23-9-16-6-17(10-23)8-18(7-16)11-23/h16-20H,2-15H2,1H3,(H,25,28). The lowest BCUT2D eigenvalue weighted by atomic mass is 9.49. The first kappa shape index (κ1) is 19.5. The number of likely N-dealkylation sites (tertiary alicyclic amines) is 1. The van der Waals surface area contributed by atoms with E-state index in [9.17, 15) is 9.59 Å². The number of carbonyl (C=O) groups is 2. The van der Waals surface area contributed by atoms with Gasteiger partial charge in [-0.25, -0.2) is 0 Å². The monoisotopic (exact) mass is 415 g/mol. The van der Waals surface area contributed by atoms with Crippen LogP contribution in [0.5, 0.6) is 0 Å². The number of nitrogens with zero attached hydrogens (tertiary/aromatic N) is 2. The van der Waals surface area contributed by atoms with Crippen LogP contribution in [0.15, 0.2) is 0 Å². The molecule has 0 aromatic heterocycles. The summed E-state index contributed by atoms with van der Waals surface area (Å²) in [6.07, 6.45) is 12.2. The van der Waals surface area contributed by atoms with Crippen molar-refractivity contribution in [3.8, 4) is 0 Å². The largest absolute Gasteiger partial charge is 0.368 e. The Bertz CT molecular complexity index is 690. The molecule has 0 radical (unpaired) electrons. The predicted octanol–water partition coefficient (Wildman–Crippen LogP) is 2.17. The highest BCUT2D eigenvalue weighted by Crippen LogP contribution is 2.61. The van der Waals surface area contributed by atoms with E-state index in [4.69, 9.17) is 4.74 Å². The third kappa shape index (κ3) is 3.12. The average molecular weight is 416 g/mol. The van der Waals surface area contributed by atoms with Crippen molar-refractivity contribution in [2.24, 2.45) is 23.2 Å². The molecule has 1 unspecified atom stereocenters. The van der Waals surface area contributed by atoms with E-state index in [1.807, 2.05) is 7.05 Å². The molecule has 2 saturated heterocycles. The summed E-state index contributed by atoms with van der Waals surface area (Å²) in [5.74, 6) is 2.92. The van der Waals surface area contributed by atoms with Crippen molar-refractivity contribution >= 4 is 11.8 Å². The minimum Gasteiger partial charge on any atom is -0.368 e. The van der Waals surface area contributed by atoms with Gasteiger partial charge < -0.3 is 15.0 Å². The minimum atomic E-state index is -0.267. The normalized spacial score (nSPS) is 42.5. The second-order valence-electron chi connectivity index (χ2n) is 11.8. The quantitative estimate of drug-likeness (QED) is 0.768. The molecule has 6 heteroatoms. The Morgan fingerprint density at radius 2 is 1.53 bits per heavy atom. The SMILES string of the molecule is CN1CC2(CN(C(=O)C34CC5CC(CC(C5)C3)C4)C2)OCC1C(=O)NC1CCCC1. The Morgan fingerprint density at radius 3 is 2.10 bits per heavy atom. The van der Waals surface area contributed by atoms with Crippen molar-refractivity contribution < 1.29 is 14.3 Å². The molecule has 166 valence electrons. The molecule has 1 atom stereocenters. The zero-order chi connectivity index (χ0) is 20.5. The fraction of sp³-hybridized carbons (Fsp3) is 0.917. The third-order valence-corrected chi connectivity index (χ3v) is 9.36. The number of hydrogen-bond donors (Lipinski definition) is 1. The number of nitrogens with one attached hydrogen (secondary N) is 1. The molecule has 0 aromatic carbocycles. The van der Waals surface area contributed by atoms with Crippen LogP contribution >= 0.6 is 0 Å². The van der Waals surface area contributed by atoms with Crippen molar-refractivity contribution in [2.45, 2.75) is 81.9 Å². The maximum atomic E-state index is 13.5. The summed E-state index contributed by atoms with van der Waals surface area (Å²) in [5.41, 5.74) is -0.322. The van der Waals surface area contributed by atoms with Gasteiger partial charge in [-0.15, -0.1) is 0 Å². The van der Waals surface area contributed by atoms with Crippen molar-refractivity contribution in [2.75, 3.05) is 33.3 Å². The summed E-state index contributed by atoms with van der Waals surface area (Å²) in [7, 11) is 2.03. The highest BCUT2D eigenvalue weighted by atomic mass is 16.5. The Balaban J connectivity index is 1.05. The summed E-state index contributed by atoms with van der Waals surface area (Å²) < 4.78 is 6.27. The molecule has 7 aliphatic rings. The van der Waals surface area contributed by atoms with Gasteiger partial charge in [-0.2, -0.15) is 0 Å². The summed E-state index contributed by atoms with van der Waals surface area (Å²) in [4.78, 5) is 30.5. The minimum absolute atomic E-state index is 0.0549. The number of ether oxygens (including phenoxy) is 1. The molecule has 6 nitrogen and oxygen atoms in total. The molecule has 2 heterocycles. The van der Waals surface area contributed by atoms with Gasteiger partial charge in [0.2, 0.25) is 11.8 Å². The van der Waals surface area contributed by atoms with Crippen molar-refractivity contribution in [1.29, 1.82) is 0 Å². The lowest BCUT2D eigenvalue weighted by Crippen LogP contribution is -2.74. The molecule has 5 aliphatic carbocycles. The topological polar surface area (TPSA) is 61.9 Å². The third-order valence-electron chi connectivity index (χ3n) is 9.36. The summed E-state index contributed by atoms with van der Waals surface area (Å²) in [6.45, 7) is 2.58. The van der Waals surface area contributed by atoms with Gasteiger partial charge in [-0.05, 0) is 76.2 Å². The lowest BCUT2D eigenvalue weighted by molar-refractivity contribution is -0.211. The molecule has 2 aliphatic heterocycles. The number of rotatable bonds is 3. The van der Waals surface area contributed by atoms with E-state index in [1.54, 1.807) is 0 Å². The van der Waals surface area contributed by atoms with Crippen LogP contribution in [0.1, 0.15) is 64.2 Å². The molecule has 4 bridgehead atoms. The van der Waals surface area contributed by atoms with E-state index in [1.165, 1.54) is 32.1 Å². The molecule has 7 fully saturated rings. The second-order valence-corrected chi connectivity index (χ2v) is 11.8. The zero-order valence-corrected chi connectivity index (χ0v) is 18.4. The Labute approximate surface area is 180 Å². The molecule has 7 rings (SSSR count). The number of hydrogen-bond acceptors (Lipinski definition) is 4. The van der Waals surface area contributed by atoms with Gasteiger partial charge in [-0.1, -0.05) is 12.8 Å². The maximum absolute atomic E-state index is 13.5. The molecule has 30 heavy (non-hydrogen) atoms. The van der Waals surface area contributed by atoms with Crippen molar-refractivity contribution in [3.63, 3.8) is 0 Å². The Kier molecular flexibility index (Phi) is 4.51. The molecule has 1 N–H and O–H groups in total. The fourth-order valence-electron chi connectivity index (χ4n) is 8.33. The van der Waals surface area contributed by atoms with Crippen LogP contribution in [0.3, 0.4) is 0 Å². The highest BCUT2D eigenvalue weighted by molar-refractivity contribution is 5.85. The van der Waals surface area contributed by atoms with Gasteiger partial charge in [0, 0.05) is 12.6 Å². The summed E-state index contributed by atoms with van der Waals surface area (Å²) in [5, 5.41) is 3.22. The molecule has 1 spiro atoms. The van der Waals surface area contributed by atoms with E-state index in [-0.39, 0.29) is 23.0 Å². The van der Waals surface area contributed by atoms with Crippen LogP contribution in [0.25, 0.3) is 0 Å². The van der Waals surface area contributed by atoms with Gasteiger partial charge in [0.1, 0.15) is 11.6 Å². The lowest BCUT2D eigenvalue weighted by Gasteiger charge is -2.60. The summed E-state index contributed by atoms with van der Waals surface area (Å²) >= 11 is 0. The molecule has 5 saturated carbocycles. The summed E-state index contributed by atoms with van der Waals surface area (Å²) in [6, 6.07) is 0.142. The van der Waals surface area contributed by atoms with Crippen LogP contribution in [0.2, 0.25) is 0 Å². The zero-order valence-electron chi connectivity index (χ0n) is 18.4. The first-order chi connectivity index (χ1) is 14.4. The van der Waals surface area contributed by atoms with Crippen molar-refractivity contribution in [3.05, 3.63) is 0 Å². The van der Waals surface area contributed by atoms with Gasteiger partial charge in [0.15, 0.2) is 0 Å². The number of morpholine rings is 1. The number of carbonyl (C=O) groups excluding carboxylic acids is 2. The van der Waals surface area contributed by atoms with Crippen LogP contribution in [0, 0.1) is 23.2 Å². The van der Waals surface area contributed by atoms with Crippen LogP contribution in [-0.2, 0) is 14.3 Å². The van der Waals surface area contributed by atoms with Gasteiger partial charge in [-0.3, -0.25) is 14.5 Å². The molecular formula is C24H37N3O3.